The maximum Gasteiger partial charge on any atom is 0.258 e. The predicted molar refractivity (Wildman–Crippen MR) is 102 cm³/mol. The summed E-state index contributed by atoms with van der Waals surface area (Å²) < 4.78 is 0. The molecule has 3 N–H and O–H groups in total. The van der Waals surface area contributed by atoms with Crippen LogP contribution in [0.4, 0.5) is 11.4 Å². The summed E-state index contributed by atoms with van der Waals surface area (Å²) in [4.78, 5) is 26.4. The Morgan fingerprint density at radius 3 is 2.72 bits per heavy atom. The number of carbonyl (C=O) groups is 2. The van der Waals surface area contributed by atoms with Crippen LogP contribution in [0.5, 0.6) is 0 Å². The number of hydrogen-bond donors (Lipinski definition) is 2. The largest absolute Gasteiger partial charge is 0.330 e. The van der Waals surface area contributed by atoms with Crippen molar-refractivity contribution in [3.8, 4) is 0 Å². The van der Waals surface area contributed by atoms with Crippen LogP contribution in [-0.4, -0.2) is 24.9 Å². The number of nitrogens with two attached hydrogens (primary N) is 1. The van der Waals surface area contributed by atoms with Gasteiger partial charge in [0.2, 0.25) is 5.91 Å². The number of halogens is 1. The van der Waals surface area contributed by atoms with Crippen molar-refractivity contribution in [3.63, 3.8) is 0 Å². The van der Waals surface area contributed by atoms with Crippen molar-refractivity contribution in [2.45, 2.75) is 19.3 Å². The van der Waals surface area contributed by atoms with Gasteiger partial charge in [0.15, 0.2) is 0 Å². The molecule has 1 aliphatic rings. The zero-order chi connectivity index (χ0) is 16.9. The average molecular weight is 360 g/mol. The van der Waals surface area contributed by atoms with E-state index in [1.807, 2.05) is 18.2 Å². The van der Waals surface area contributed by atoms with Crippen molar-refractivity contribution in [2.75, 3.05) is 23.3 Å². The minimum absolute atomic E-state index is 0. The second-order valence-electron chi connectivity index (χ2n) is 5.86. The molecule has 1 heterocycles. The number of amides is 2. The fourth-order valence-corrected chi connectivity index (χ4v) is 2.92. The first kappa shape index (κ1) is 19.0. The molecule has 0 radical (unpaired) electrons. The van der Waals surface area contributed by atoms with Gasteiger partial charge in [-0.05, 0) is 49.2 Å². The van der Waals surface area contributed by atoms with E-state index in [9.17, 15) is 9.59 Å². The zero-order valence-electron chi connectivity index (χ0n) is 13.9. The number of benzene rings is 2. The lowest BCUT2D eigenvalue weighted by atomic mass is 10.1. The first-order valence-electron chi connectivity index (χ1n) is 8.19. The average Bonchev–Trinajstić information content (AvgIpc) is 3.03. The molecule has 5 nitrogen and oxygen atoms in total. The molecule has 2 aromatic rings. The lowest BCUT2D eigenvalue weighted by Crippen LogP contribution is -2.28. The molecule has 132 valence electrons. The molecule has 6 heteroatoms. The summed E-state index contributed by atoms with van der Waals surface area (Å²) >= 11 is 0. The van der Waals surface area contributed by atoms with E-state index < -0.39 is 0 Å². The van der Waals surface area contributed by atoms with Gasteiger partial charge < -0.3 is 16.0 Å². The van der Waals surface area contributed by atoms with E-state index in [0.717, 1.165) is 12.1 Å². The predicted octanol–water partition coefficient (Wildman–Crippen LogP) is 2.99. The van der Waals surface area contributed by atoms with Gasteiger partial charge in [-0.15, -0.1) is 12.4 Å². The minimum atomic E-state index is -0.0865. The summed E-state index contributed by atoms with van der Waals surface area (Å²) in [5.41, 5.74) is 8.78. The third-order valence-electron chi connectivity index (χ3n) is 4.13. The first-order chi connectivity index (χ1) is 11.7. The third kappa shape index (κ3) is 4.38. The van der Waals surface area contributed by atoms with Crippen LogP contribution in [0.2, 0.25) is 0 Å². The number of carbonyl (C=O) groups excluding carboxylic acids is 2. The summed E-state index contributed by atoms with van der Waals surface area (Å²) in [5.74, 6) is -0.130. The van der Waals surface area contributed by atoms with E-state index in [1.54, 1.807) is 29.2 Å². The lowest BCUT2D eigenvalue weighted by molar-refractivity contribution is -0.116. The van der Waals surface area contributed by atoms with Crippen molar-refractivity contribution in [1.82, 2.24) is 0 Å². The van der Waals surface area contributed by atoms with Gasteiger partial charge >= 0.3 is 0 Å². The fraction of sp³-hybridized carbons (Fsp3) is 0.263. The molecular weight excluding hydrogens is 338 g/mol. The Hall–Kier alpha value is -2.37. The Morgan fingerprint density at radius 2 is 1.92 bits per heavy atom. The second kappa shape index (κ2) is 8.65. The highest BCUT2D eigenvalue weighted by Gasteiger charge is 2.25. The highest BCUT2D eigenvalue weighted by atomic mass is 35.5. The van der Waals surface area contributed by atoms with E-state index in [4.69, 9.17) is 5.73 Å². The van der Waals surface area contributed by atoms with Gasteiger partial charge in [0.1, 0.15) is 0 Å². The van der Waals surface area contributed by atoms with E-state index in [0.29, 0.717) is 37.2 Å². The second-order valence-corrected chi connectivity index (χ2v) is 5.86. The van der Waals surface area contributed by atoms with Crippen molar-refractivity contribution < 1.29 is 9.59 Å². The molecule has 0 saturated carbocycles. The topological polar surface area (TPSA) is 75.4 Å². The Kier molecular flexibility index (Phi) is 6.56. The molecule has 0 saturated heterocycles. The van der Waals surface area contributed by atoms with Crippen LogP contribution in [0.25, 0.3) is 0 Å². The van der Waals surface area contributed by atoms with Gasteiger partial charge in [0, 0.05) is 29.9 Å². The maximum absolute atomic E-state index is 12.8. The maximum atomic E-state index is 12.8. The molecule has 0 spiro atoms. The van der Waals surface area contributed by atoms with Gasteiger partial charge in [-0.25, -0.2) is 0 Å². The highest BCUT2D eigenvalue weighted by molar-refractivity contribution is 6.08. The number of nitrogens with zero attached hydrogens (tertiary/aromatic N) is 1. The van der Waals surface area contributed by atoms with Gasteiger partial charge in [0.05, 0.1) is 0 Å². The van der Waals surface area contributed by atoms with Crippen molar-refractivity contribution in [1.29, 1.82) is 0 Å². The van der Waals surface area contributed by atoms with Gasteiger partial charge in [-0.1, -0.05) is 24.3 Å². The number of nitrogens with one attached hydrogen (secondary N) is 1. The molecule has 0 unspecified atom stereocenters. The molecule has 3 rings (SSSR count). The van der Waals surface area contributed by atoms with E-state index in [1.165, 1.54) is 5.56 Å². The minimum Gasteiger partial charge on any atom is -0.330 e. The van der Waals surface area contributed by atoms with Crippen molar-refractivity contribution in [2.24, 2.45) is 5.73 Å². The number of fused-ring (bicyclic) bond motifs is 1. The normalized spacial score (nSPS) is 12.3. The summed E-state index contributed by atoms with van der Waals surface area (Å²) in [7, 11) is 0. The fourth-order valence-electron chi connectivity index (χ4n) is 2.92. The Bertz CT molecular complexity index is 764. The molecule has 0 atom stereocenters. The summed E-state index contributed by atoms with van der Waals surface area (Å²) in [5, 5.41) is 2.82. The number of hydrogen-bond acceptors (Lipinski definition) is 3. The third-order valence-corrected chi connectivity index (χ3v) is 4.13. The first-order valence-corrected chi connectivity index (χ1v) is 8.19. The van der Waals surface area contributed by atoms with Gasteiger partial charge in [0.25, 0.3) is 5.91 Å². The van der Waals surface area contributed by atoms with Crippen LogP contribution in [0.3, 0.4) is 0 Å². The quantitative estimate of drug-likeness (QED) is 0.861. The van der Waals surface area contributed by atoms with Gasteiger partial charge in [-0.3, -0.25) is 9.59 Å². The van der Waals surface area contributed by atoms with Crippen LogP contribution < -0.4 is 16.0 Å². The number of anilines is 2. The number of para-hydroxylation sites is 1. The molecule has 25 heavy (non-hydrogen) atoms. The molecule has 0 bridgehead atoms. The SMILES string of the molecule is Cl.NCCCC(=O)Nc1cccc(C(=O)N2CCc3ccccc32)c1. The standard InChI is InChI=1S/C19H21N3O2.ClH/c20-11-4-9-18(23)21-16-7-3-6-15(13-16)19(24)22-12-10-14-5-1-2-8-17(14)22;/h1-3,5-8,13H,4,9-12,20H2,(H,21,23);1H. The molecular formula is C19H22ClN3O2. The van der Waals surface area contributed by atoms with Crippen molar-refractivity contribution >= 4 is 35.6 Å². The van der Waals surface area contributed by atoms with Crippen LogP contribution in [-0.2, 0) is 11.2 Å². The van der Waals surface area contributed by atoms with Gasteiger partial charge in [-0.2, -0.15) is 0 Å². The monoisotopic (exact) mass is 359 g/mol. The molecule has 0 aliphatic carbocycles. The van der Waals surface area contributed by atoms with Crippen LogP contribution >= 0.6 is 12.4 Å². The molecule has 2 aromatic carbocycles. The highest BCUT2D eigenvalue weighted by Crippen LogP contribution is 2.29. The summed E-state index contributed by atoms with van der Waals surface area (Å²) in [6.45, 7) is 1.17. The van der Waals surface area contributed by atoms with Crippen LogP contribution in [0.1, 0.15) is 28.8 Å². The van der Waals surface area contributed by atoms with Crippen LogP contribution in [0, 0.1) is 0 Å². The molecule has 0 aromatic heterocycles. The molecule has 1 aliphatic heterocycles. The van der Waals surface area contributed by atoms with Crippen LogP contribution in [0.15, 0.2) is 48.5 Å². The molecule has 2 amide bonds. The molecule has 0 fully saturated rings. The summed E-state index contributed by atoms with van der Waals surface area (Å²) in [6, 6.07) is 15.0. The van der Waals surface area contributed by atoms with Crippen molar-refractivity contribution in [3.05, 3.63) is 59.7 Å². The number of rotatable bonds is 5. The Labute approximate surface area is 153 Å². The Morgan fingerprint density at radius 1 is 1.12 bits per heavy atom. The summed E-state index contributed by atoms with van der Waals surface area (Å²) in [6.07, 6.45) is 1.90. The van der Waals surface area contributed by atoms with E-state index >= 15 is 0 Å². The Balaban J connectivity index is 0.00000225. The van der Waals surface area contributed by atoms with E-state index in [2.05, 4.69) is 11.4 Å². The smallest absolute Gasteiger partial charge is 0.258 e. The lowest BCUT2D eigenvalue weighted by Gasteiger charge is -2.18. The van der Waals surface area contributed by atoms with E-state index in [-0.39, 0.29) is 24.2 Å². The zero-order valence-corrected chi connectivity index (χ0v) is 14.7.